The lowest BCUT2D eigenvalue weighted by molar-refractivity contribution is -0.144. The van der Waals surface area contributed by atoms with E-state index in [0.29, 0.717) is 48.5 Å². The molecule has 0 aliphatic heterocycles. The van der Waals surface area contributed by atoms with Crippen LogP contribution in [-0.2, 0) is 49.4 Å². The normalized spacial score (nSPS) is 13.2. The van der Waals surface area contributed by atoms with E-state index in [1.54, 1.807) is 0 Å². The van der Waals surface area contributed by atoms with Crippen molar-refractivity contribution >= 4 is 43.6 Å². The van der Waals surface area contributed by atoms with Gasteiger partial charge in [0, 0.05) is 39.5 Å². The zero-order chi connectivity index (χ0) is 69.5. The molecule has 12 aromatic rings. The number of benzene rings is 9. The highest BCUT2D eigenvalue weighted by Crippen LogP contribution is 2.49. The Bertz CT molecular complexity index is 4780. The third kappa shape index (κ3) is 12.3. The summed E-state index contributed by atoms with van der Waals surface area (Å²) in [4.78, 5) is 3.99. The van der Waals surface area contributed by atoms with Crippen LogP contribution in [-0.4, -0.2) is 14.1 Å². The van der Waals surface area contributed by atoms with Gasteiger partial charge in [-0.15, -0.1) is 0 Å². The molecule has 3 aromatic heterocycles. The third-order valence-corrected chi connectivity index (χ3v) is 15.9. The molecule has 0 radical (unpaired) electrons. The molecule has 3 heterocycles. The lowest BCUT2D eigenvalue weighted by Gasteiger charge is -2.20. The molecule has 12 rings (SSSR count). The first kappa shape index (κ1) is 65.6. The predicted molar refractivity (Wildman–Crippen MR) is 305 cm³/mol. The van der Waals surface area contributed by atoms with Gasteiger partial charge in [-0.3, -0.25) is 4.98 Å². The zero-order valence-electron chi connectivity index (χ0n) is 47.2. The number of nitrogens with zero attached hydrogens (tertiary/aromatic N) is 4. The number of nitriles is 1. The van der Waals surface area contributed by atoms with Crippen LogP contribution in [0.25, 0.3) is 111 Å². The van der Waals surface area contributed by atoms with Gasteiger partial charge in [0.05, 0.1) is 89.6 Å². The maximum absolute atomic E-state index is 14.5. The van der Waals surface area contributed by atoms with Crippen molar-refractivity contribution in [3.8, 4) is 73.1 Å². The van der Waals surface area contributed by atoms with Crippen LogP contribution in [0.15, 0.2) is 182 Å². The summed E-state index contributed by atoms with van der Waals surface area (Å²) >= 11 is 0. The van der Waals surface area contributed by atoms with E-state index in [2.05, 4.69) is 4.98 Å². The van der Waals surface area contributed by atoms with Crippen molar-refractivity contribution in [2.24, 2.45) is 0 Å². The van der Waals surface area contributed by atoms with E-state index in [1.807, 2.05) is 6.07 Å². The van der Waals surface area contributed by atoms with Crippen LogP contribution in [0, 0.1) is 11.3 Å². The minimum absolute atomic E-state index is 0.0223. The van der Waals surface area contributed by atoms with Gasteiger partial charge in [-0.05, 0) is 171 Å². The van der Waals surface area contributed by atoms with Crippen LogP contribution in [0.4, 0.5) is 105 Å². The molecule has 0 N–H and O–H groups in total. The smallest absolute Gasteiger partial charge is 0.307 e. The minimum Gasteiger partial charge on any atom is -0.307 e. The van der Waals surface area contributed by atoms with E-state index in [-0.39, 0.29) is 90.3 Å². The van der Waals surface area contributed by atoms with Gasteiger partial charge in [0.1, 0.15) is 0 Å². The molecule has 9 aromatic carbocycles. The van der Waals surface area contributed by atoms with E-state index in [1.165, 1.54) is 54.9 Å². The summed E-state index contributed by atoms with van der Waals surface area (Å²) < 4.78 is 351. The van der Waals surface area contributed by atoms with Gasteiger partial charge in [-0.2, -0.15) is 111 Å². The van der Waals surface area contributed by atoms with Crippen LogP contribution in [0.5, 0.6) is 0 Å². The highest BCUT2D eigenvalue weighted by molar-refractivity contribution is 6.14. The number of hydrogen-bond acceptors (Lipinski definition) is 2. The summed E-state index contributed by atoms with van der Waals surface area (Å²) in [5.41, 5.74) is -21.3. The van der Waals surface area contributed by atoms with Gasteiger partial charge < -0.3 is 9.13 Å². The molecule has 0 fully saturated rings. The van der Waals surface area contributed by atoms with E-state index in [0.717, 1.165) is 63.7 Å². The van der Waals surface area contributed by atoms with Crippen LogP contribution in [0.3, 0.4) is 0 Å². The standard InChI is InChI=1S/C68H30F24N4/c69-61(70,71)42-13-37(14-43(26-42)62(72,73)74)33-1-5-50-51-6-2-34(38-15-44(63(75,76)77)27-45(16-38)64(78,79)80)22-56(51)95(55(50)21-33)59-25-41(31-93)54(32-9-11-94-12-10-32)30-60(59)96-57-23-35(39-17-46(65(81,82)83)28-47(18-39)66(84,85)86)3-7-52(57)53-8-4-36(24-58(53)96)40-19-48(67(87,88)89)29-49(20-40)68(90,91)92/h1-30H. The number of hydrogen-bond donors (Lipinski definition) is 0. The Kier molecular flexibility index (Phi) is 15.3. The van der Waals surface area contributed by atoms with Gasteiger partial charge >= 0.3 is 49.4 Å². The quantitative estimate of drug-likeness (QED) is 0.149. The summed E-state index contributed by atoms with van der Waals surface area (Å²) in [6.45, 7) is 0. The fourth-order valence-electron chi connectivity index (χ4n) is 11.6. The number of alkyl halides is 24. The Morgan fingerprint density at radius 2 is 0.479 bits per heavy atom. The number of pyridine rings is 1. The first-order valence-corrected chi connectivity index (χ1v) is 27.4. The zero-order valence-corrected chi connectivity index (χ0v) is 47.2. The molecule has 0 amide bonds. The van der Waals surface area contributed by atoms with Crippen LogP contribution in [0.1, 0.15) is 50.1 Å². The lowest BCUT2D eigenvalue weighted by atomic mass is 9.97. The maximum atomic E-state index is 14.5. The molecule has 0 aliphatic rings. The average Bonchev–Trinajstić information content (AvgIpc) is 1.55. The summed E-state index contributed by atoms with van der Waals surface area (Å²) in [6.07, 6.45) is -40.9. The van der Waals surface area contributed by atoms with Crippen LogP contribution in [0.2, 0.25) is 0 Å². The second-order valence-corrected chi connectivity index (χ2v) is 22.0. The fourth-order valence-corrected chi connectivity index (χ4v) is 11.6. The lowest BCUT2D eigenvalue weighted by Crippen LogP contribution is -2.11. The Labute approximate surface area is 521 Å². The largest absolute Gasteiger partial charge is 0.416 e. The molecule has 96 heavy (non-hydrogen) atoms. The Morgan fingerprint density at radius 1 is 0.250 bits per heavy atom. The van der Waals surface area contributed by atoms with Gasteiger partial charge in [0.25, 0.3) is 0 Å². The van der Waals surface area contributed by atoms with Crippen LogP contribution < -0.4 is 0 Å². The SMILES string of the molecule is N#Cc1cc(-n2c3cc(-c4cc(C(F)(F)F)cc(C(F)(F)F)c4)ccc3c3ccc(-c4cc(C(F)(F)F)cc(C(F)(F)F)c4)cc32)c(-n2c3cc(-c4cc(C(F)(F)F)cc(C(F)(F)F)c4)ccc3c3ccc(-c4cc(C(F)(F)F)cc(C(F)(F)F)c4)cc32)cc1-c1ccncc1. The molecular weight excluding hydrogens is 1330 g/mol. The average molecular weight is 1360 g/mol. The molecule has 0 spiro atoms. The number of rotatable bonds is 7. The molecule has 0 aliphatic carbocycles. The predicted octanol–water partition coefficient (Wildman–Crippen LogP) is 23.6. The van der Waals surface area contributed by atoms with E-state index in [9.17, 15) is 111 Å². The van der Waals surface area contributed by atoms with Crippen molar-refractivity contribution in [1.29, 1.82) is 5.26 Å². The van der Waals surface area contributed by atoms with Crippen molar-refractivity contribution in [3.05, 3.63) is 232 Å². The van der Waals surface area contributed by atoms with Crippen molar-refractivity contribution in [3.63, 3.8) is 0 Å². The van der Waals surface area contributed by atoms with Crippen LogP contribution >= 0.6 is 0 Å². The van der Waals surface area contributed by atoms with E-state index >= 15 is 0 Å². The molecule has 0 unspecified atom stereocenters. The third-order valence-electron chi connectivity index (χ3n) is 15.9. The van der Waals surface area contributed by atoms with Gasteiger partial charge in [-0.25, -0.2) is 0 Å². The highest BCUT2D eigenvalue weighted by Gasteiger charge is 2.42. The number of aromatic nitrogens is 3. The molecule has 4 nitrogen and oxygen atoms in total. The van der Waals surface area contributed by atoms with Crippen molar-refractivity contribution < 1.29 is 105 Å². The fraction of sp³-hybridized carbons (Fsp3) is 0.118. The van der Waals surface area contributed by atoms with Crippen molar-refractivity contribution in [1.82, 2.24) is 14.1 Å². The Hall–Kier alpha value is -10.5. The van der Waals surface area contributed by atoms with E-state index in [4.69, 9.17) is 0 Å². The minimum atomic E-state index is -5.43. The maximum Gasteiger partial charge on any atom is 0.416 e. The van der Waals surface area contributed by atoms with Crippen molar-refractivity contribution in [2.45, 2.75) is 49.4 Å². The van der Waals surface area contributed by atoms with Crippen molar-refractivity contribution in [2.75, 3.05) is 0 Å². The molecule has 490 valence electrons. The molecule has 28 heteroatoms. The summed E-state index contributed by atoms with van der Waals surface area (Å²) in [5.74, 6) is 0. The topological polar surface area (TPSA) is 46.5 Å². The molecular formula is C68H30F24N4. The second-order valence-electron chi connectivity index (χ2n) is 22.0. The molecule has 0 saturated carbocycles. The highest BCUT2D eigenvalue weighted by atomic mass is 19.4. The summed E-state index contributed by atoms with van der Waals surface area (Å²) in [7, 11) is 0. The number of halogens is 24. The molecule has 0 atom stereocenters. The Morgan fingerprint density at radius 3 is 0.698 bits per heavy atom. The molecule has 0 bridgehead atoms. The molecule has 0 saturated heterocycles. The van der Waals surface area contributed by atoms with Gasteiger partial charge in [0.2, 0.25) is 0 Å². The number of fused-ring (bicyclic) bond motifs is 6. The summed E-state index contributed by atoms with van der Waals surface area (Å²) in [6, 6.07) is 22.3. The summed E-state index contributed by atoms with van der Waals surface area (Å²) in [5, 5.41) is 11.0. The monoisotopic (exact) mass is 1360 g/mol. The second kappa shape index (κ2) is 22.3. The first-order chi connectivity index (χ1) is 44.5. The van der Waals surface area contributed by atoms with Gasteiger partial charge in [0.15, 0.2) is 0 Å². The van der Waals surface area contributed by atoms with Gasteiger partial charge in [-0.1, -0.05) is 48.5 Å². The Balaban J connectivity index is 1.28. The first-order valence-electron chi connectivity index (χ1n) is 27.4. The van der Waals surface area contributed by atoms with E-state index < -0.39 is 144 Å².